The van der Waals surface area contributed by atoms with Gasteiger partial charge in [-0.2, -0.15) is 0 Å². The van der Waals surface area contributed by atoms with Gasteiger partial charge in [0.1, 0.15) is 0 Å². The van der Waals surface area contributed by atoms with E-state index in [9.17, 15) is 5.11 Å². The molecule has 1 nitrogen and oxygen atoms in total. The Morgan fingerprint density at radius 3 is 2.42 bits per heavy atom. The topological polar surface area (TPSA) is 20.2 Å². The van der Waals surface area contributed by atoms with E-state index in [4.69, 9.17) is 0 Å². The summed E-state index contributed by atoms with van der Waals surface area (Å²) in [4.78, 5) is 0. The maximum absolute atomic E-state index is 9.21. The van der Waals surface area contributed by atoms with Crippen molar-refractivity contribution in [1.82, 2.24) is 0 Å². The highest BCUT2D eigenvalue weighted by molar-refractivity contribution is 5.52. The van der Waals surface area contributed by atoms with E-state index < -0.39 is 0 Å². The normalized spacial score (nSPS) is 14.4. The van der Waals surface area contributed by atoms with E-state index >= 15 is 0 Å². The molecule has 1 heteroatoms. The van der Waals surface area contributed by atoms with Gasteiger partial charge in [0.05, 0.1) is 6.10 Å². The SMILES string of the molecule is C/C(=C\c1ccccc1)C(C)O. The van der Waals surface area contributed by atoms with Crippen LogP contribution in [-0.4, -0.2) is 11.2 Å². The van der Waals surface area contributed by atoms with E-state index in [1.165, 1.54) is 0 Å². The van der Waals surface area contributed by atoms with Crippen molar-refractivity contribution in [2.45, 2.75) is 20.0 Å². The van der Waals surface area contributed by atoms with Crippen molar-refractivity contribution in [1.29, 1.82) is 0 Å². The Bertz CT molecular complexity index is 260. The summed E-state index contributed by atoms with van der Waals surface area (Å²) >= 11 is 0. The Labute approximate surface area is 73.4 Å². The maximum Gasteiger partial charge on any atom is 0.0722 e. The van der Waals surface area contributed by atoms with Gasteiger partial charge in [-0.25, -0.2) is 0 Å². The third-order valence-electron chi connectivity index (χ3n) is 1.85. The van der Waals surface area contributed by atoms with E-state index in [2.05, 4.69) is 0 Å². The van der Waals surface area contributed by atoms with Gasteiger partial charge in [0.15, 0.2) is 0 Å². The van der Waals surface area contributed by atoms with E-state index in [0.29, 0.717) is 0 Å². The van der Waals surface area contributed by atoms with E-state index in [-0.39, 0.29) is 6.10 Å². The smallest absolute Gasteiger partial charge is 0.0722 e. The van der Waals surface area contributed by atoms with Crippen LogP contribution < -0.4 is 0 Å². The quantitative estimate of drug-likeness (QED) is 0.708. The highest BCUT2D eigenvalue weighted by Crippen LogP contribution is 2.08. The fourth-order valence-corrected chi connectivity index (χ4v) is 0.933. The van der Waals surface area contributed by atoms with Gasteiger partial charge in [-0.05, 0) is 25.0 Å². The summed E-state index contributed by atoms with van der Waals surface area (Å²) in [6.45, 7) is 3.70. The van der Waals surface area contributed by atoms with Crippen LogP contribution in [0.25, 0.3) is 6.08 Å². The Kier molecular flexibility index (Phi) is 3.06. The number of hydrogen-bond acceptors (Lipinski definition) is 1. The van der Waals surface area contributed by atoms with Gasteiger partial charge in [0.25, 0.3) is 0 Å². The summed E-state index contributed by atoms with van der Waals surface area (Å²) in [7, 11) is 0. The third kappa shape index (κ3) is 2.51. The van der Waals surface area contributed by atoms with E-state index in [1.807, 2.05) is 43.3 Å². The molecule has 0 spiro atoms. The number of benzene rings is 1. The molecule has 0 saturated carbocycles. The lowest BCUT2D eigenvalue weighted by molar-refractivity contribution is 0.232. The lowest BCUT2D eigenvalue weighted by atomic mass is 10.1. The molecule has 1 N–H and O–H groups in total. The van der Waals surface area contributed by atoms with E-state index in [0.717, 1.165) is 11.1 Å². The second-order valence-electron chi connectivity index (χ2n) is 2.98. The molecule has 1 atom stereocenters. The van der Waals surface area contributed by atoms with Crippen LogP contribution in [0.3, 0.4) is 0 Å². The lowest BCUT2D eigenvalue weighted by Gasteiger charge is -2.03. The number of rotatable bonds is 2. The number of hydrogen-bond donors (Lipinski definition) is 1. The Balaban J connectivity index is 2.81. The highest BCUT2D eigenvalue weighted by atomic mass is 16.3. The maximum atomic E-state index is 9.21. The Morgan fingerprint density at radius 2 is 1.92 bits per heavy atom. The molecule has 0 bridgehead atoms. The van der Waals surface area contributed by atoms with Crippen LogP contribution in [0.2, 0.25) is 0 Å². The molecule has 0 aliphatic rings. The largest absolute Gasteiger partial charge is 0.389 e. The zero-order valence-electron chi connectivity index (χ0n) is 7.49. The van der Waals surface area contributed by atoms with Crippen LogP contribution >= 0.6 is 0 Å². The van der Waals surface area contributed by atoms with Crippen LogP contribution in [0, 0.1) is 0 Å². The zero-order valence-corrected chi connectivity index (χ0v) is 7.49. The molecule has 0 fully saturated rings. The highest BCUT2D eigenvalue weighted by Gasteiger charge is 1.96. The first-order chi connectivity index (χ1) is 5.70. The number of aliphatic hydroxyl groups excluding tert-OH is 1. The average molecular weight is 162 g/mol. The molecule has 0 aliphatic carbocycles. The van der Waals surface area contributed by atoms with Crippen molar-refractivity contribution in [2.75, 3.05) is 0 Å². The first-order valence-corrected chi connectivity index (χ1v) is 4.11. The first kappa shape index (κ1) is 9.01. The van der Waals surface area contributed by atoms with Crippen LogP contribution in [0.4, 0.5) is 0 Å². The van der Waals surface area contributed by atoms with Crippen molar-refractivity contribution in [3.63, 3.8) is 0 Å². The molecule has 0 amide bonds. The van der Waals surface area contributed by atoms with Crippen LogP contribution in [0.1, 0.15) is 19.4 Å². The summed E-state index contributed by atoms with van der Waals surface area (Å²) < 4.78 is 0. The second kappa shape index (κ2) is 4.07. The van der Waals surface area contributed by atoms with Crippen molar-refractivity contribution < 1.29 is 5.11 Å². The summed E-state index contributed by atoms with van der Waals surface area (Å²) in [6.07, 6.45) is 1.63. The van der Waals surface area contributed by atoms with Crippen molar-refractivity contribution in [2.24, 2.45) is 0 Å². The molecular formula is C11H14O. The van der Waals surface area contributed by atoms with Gasteiger partial charge in [0, 0.05) is 0 Å². The van der Waals surface area contributed by atoms with Crippen molar-refractivity contribution in [3.8, 4) is 0 Å². The number of aliphatic hydroxyl groups is 1. The second-order valence-corrected chi connectivity index (χ2v) is 2.98. The van der Waals surface area contributed by atoms with Crippen LogP contribution in [0.5, 0.6) is 0 Å². The van der Waals surface area contributed by atoms with Crippen molar-refractivity contribution >= 4 is 6.08 Å². The van der Waals surface area contributed by atoms with Gasteiger partial charge in [0.2, 0.25) is 0 Å². The molecule has 64 valence electrons. The lowest BCUT2D eigenvalue weighted by Crippen LogP contribution is -1.99. The fraction of sp³-hybridized carbons (Fsp3) is 0.273. The Morgan fingerprint density at radius 1 is 1.33 bits per heavy atom. The molecule has 0 aromatic heterocycles. The summed E-state index contributed by atoms with van der Waals surface area (Å²) in [5.41, 5.74) is 2.12. The molecule has 0 heterocycles. The summed E-state index contributed by atoms with van der Waals surface area (Å²) in [6, 6.07) is 10.00. The first-order valence-electron chi connectivity index (χ1n) is 4.11. The Hall–Kier alpha value is -1.08. The third-order valence-corrected chi connectivity index (χ3v) is 1.85. The molecule has 0 radical (unpaired) electrons. The summed E-state index contributed by atoms with van der Waals surface area (Å²) in [5.74, 6) is 0. The molecule has 0 aliphatic heterocycles. The minimum atomic E-state index is -0.356. The summed E-state index contributed by atoms with van der Waals surface area (Å²) in [5, 5.41) is 9.21. The molecule has 1 rings (SSSR count). The average Bonchev–Trinajstić information content (AvgIpc) is 2.06. The predicted molar refractivity (Wildman–Crippen MR) is 51.8 cm³/mol. The van der Waals surface area contributed by atoms with Gasteiger partial charge in [-0.1, -0.05) is 36.4 Å². The monoisotopic (exact) mass is 162 g/mol. The van der Waals surface area contributed by atoms with Crippen LogP contribution in [0.15, 0.2) is 35.9 Å². The predicted octanol–water partition coefficient (Wildman–Crippen LogP) is 2.47. The van der Waals surface area contributed by atoms with Gasteiger partial charge >= 0.3 is 0 Å². The van der Waals surface area contributed by atoms with Gasteiger partial charge < -0.3 is 5.11 Å². The van der Waals surface area contributed by atoms with E-state index in [1.54, 1.807) is 6.92 Å². The molecule has 1 unspecified atom stereocenters. The minimum absolute atomic E-state index is 0.356. The van der Waals surface area contributed by atoms with Gasteiger partial charge in [-0.3, -0.25) is 0 Å². The van der Waals surface area contributed by atoms with Crippen LogP contribution in [-0.2, 0) is 0 Å². The van der Waals surface area contributed by atoms with Gasteiger partial charge in [-0.15, -0.1) is 0 Å². The fourth-order valence-electron chi connectivity index (χ4n) is 0.933. The standard InChI is InChI=1S/C11H14O/c1-9(10(2)12)8-11-6-4-3-5-7-11/h3-8,10,12H,1-2H3/b9-8+. The zero-order chi connectivity index (χ0) is 8.97. The minimum Gasteiger partial charge on any atom is -0.389 e. The molecular weight excluding hydrogens is 148 g/mol. The molecule has 12 heavy (non-hydrogen) atoms. The molecule has 1 aromatic carbocycles. The molecule has 1 aromatic rings. The molecule has 0 saturated heterocycles. The van der Waals surface area contributed by atoms with Crippen molar-refractivity contribution in [3.05, 3.63) is 41.5 Å².